The molecule has 0 unspecified atom stereocenters. The number of aromatic nitrogens is 1. The molecule has 1 aliphatic carbocycles. The maximum atomic E-state index is 5.88. The van der Waals surface area contributed by atoms with Gasteiger partial charge in [0.05, 0.1) is 16.8 Å². The minimum absolute atomic E-state index is 0. The van der Waals surface area contributed by atoms with Crippen molar-refractivity contribution in [2.45, 2.75) is 65.4 Å². The van der Waals surface area contributed by atoms with Gasteiger partial charge in [-0.1, -0.05) is 12.8 Å². The van der Waals surface area contributed by atoms with Crippen molar-refractivity contribution in [1.29, 1.82) is 0 Å². The first-order valence-corrected chi connectivity index (χ1v) is 10.1. The van der Waals surface area contributed by atoms with E-state index in [1.54, 1.807) is 11.3 Å². The van der Waals surface area contributed by atoms with Crippen LogP contribution < -0.4 is 10.6 Å². The SMILES string of the molecule is CCNC(=NCCCOC1CCCC1)NCCc1nc(C)c(C)s1.I. The van der Waals surface area contributed by atoms with Gasteiger partial charge in [0.25, 0.3) is 0 Å². The van der Waals surface area contributed by atoms with Crippen molar-refractivity contribution >= 4 is 41.3 Å². The molecule has 1 heterocycles. The summed E-state index contributed by atoms with van der Waals surface area (Å²) in [7, 11) is 0. The van der Waals surface area contributed by atoms with Crippen molar-refractivity contribution in [3.05, 3.63) is 15.6 Å². The fourth-order valence-electron chi connectivity index (χ4n) is 2.84. The van der Waals surface area contributed by atoms with Crippen LogP contribution in [0.25, 0.3) is 0 Å². The van der Waals surface area contributed by atoms with Crippen LogP contribution in [0.2, 0.25) is 0 Å². The summed E-state index contributed by atoms with van der Waals surface area (Å²) in [6.07, 6.45) is 7.56. The van der Waals surface area contributed by atoms with Gasteiger partial charge in [-0.15, -0.1) is 35.3 Å². The topological polar surface area (TPSA) is 58.5 Å². The third-order valence-electron chi connectivity index (χ3n) is 4.28. The Kier molecular flexibility index (Phi) is 11.6. The zero-order valence-corrected chi connectivity index (χ0v) is 18.9. The minimum atomic E-state index is 0. The van der Waals surface area contributed by atoms with E-state index >= 15 is 0 Å². The van der Waals surface area contributed by atoms with E-state index in [1.165, 1.54) is 35.6 Å². The predicted molar refractivity (Wildman–Crippen MR) is 118 cm³/mol. The van der Waals surface area contributed by atoms with Gasteiger partial charge in [-0.25, -0.2) is 4.98 Å². The molecule has 0 amide bonds. The Morgan fingerprint density at radius 2 is 2.04 bits per heavy atom. The standard InChI is InChI=1S/C18H32N4OS.HI/c1-4-19-18(20-11-7-13-23-16-8-5-6-9-16)21-12-10-17-22-14(2)15(3)24-17;/h16H,4-13H2,1-3H3,(H2,19,20,21);1H. The Bertz CT molecular complexity index is 496. The smallest absolute Gasteiger partial charge is 0.191 e. The molecule has 0 spiro atoms. The summed E-state index contributed by atoms with van der Waals surface area (Å²) in [5.74, 6) is 0.892. The average molecular weight is 480 g/mol. The zero-order chi connectivity index (χ0) is 17.2. The number of aliphatic imine (C=N–C) groups is 1. The molecule has 0 radical (unpaired) electrons. The van der Waals surface area contributed by atoms with Crippen LogP contribution in [0.5, 0.6) is 0 Å². The van der Waals surface area contributed by atoms with Gasteiger partial charge in [0.1, 0.15) is 0 Å². The number of halogens is 1. The molecule has 25 heavy (non-hydrogen) atoms. The third kappa shape index (κ3) is 8.68. The lowest BCUT2D eigenvalue weighted by molar-refractivity contribution is 0.0579. The summed E-state index contributed by atoms with van der Waals surface area (Å²) in [6, 6.07) is 0. The molecular weight excluding hydrogens is 447 g/mol. The molecule has 7 heteroatoms. The summed E-state index contributed by atoms with van der Waals surface area (Å²) < 4.78 is 5.88. The van der Waals surface area contributed by atoms with Crippen molar-refractivity contribution in [1.82, 2.24) is 15.6 Å². The molecule has 5 nitrogen and oxygen atoms in total. The van der Waals surface area contributed by atoms with E-state index in [1.807, 2.05) is 0 Å². The van der Waals surface area contributed by atoms with E-state index < -0.39 is 0 Å². The molecule has 2 rings (SSSR count). The number of rotatable bonds is 9. The molecule has 1 aromatic rings. The fourth-order valence-corrected chi connectivity index (χ4v) is 3.77. The molecule has 144 valence electrons. The lowest BCUT2D eigenvalue weighted by Gasteiger charge is -2.12. The van der Waals surface area contributed by atoms with Crippen LogP contribution >= 0.6 is 35.3 Å². The van der Waals surface area contributed by atoms with Gasteiger partial charge < -0.3 is 15.4 Å². The number of hydrogen-bond acceptors (Lipinski definition) is 4. The number of hydrogen-bond donors (Lipinski definition) is 2. The van der Waals surface area contributed by atoms with E-state index in [0.717, 1.165) is 50.7 Å². The number of nitrogens with zero attached hydrogens (tertiary/aromatic N) is 2. The molecule has 2 N–H and O–H groups in total. The number of thiazole rings is 1. The fraction of sp³-hybridized carbons (Fsp3) is 0.778. The zero-order valence-electron chi connectivity index (χ0n) is 15.8. The van der Waals surface area contributed by atoms with Gasteiger partial charge in [-0.05, 0) is 40.0 Å². The number of ether oxygens (including phenoxy) is 1. The van der Waals surface area contributed by atoms with Crippen molar-refractivity contribution in [3.8, 4) is 0 Å². The highest BCUT2D eigenvalue weighted by Gasteiger charge is 2.14. The first-order valence-electron chi connectivity index (χ1n) is 9.25. The van der Waals surface area contributed by atoms with Crippen molar-refractivity contribution in [2.24, 2.45) is 4.99 Å². The largest absolute Gasteiger partial charge is 0.378 e. The van der Waals surface area contributed by atoms with Gasteiger partial charge >= 0.3 is 0 Å². The van der Waals surface area contributed by atoms with E-state index in [-0.39, 0.29) is 24.0 Å². The molecule has 1 aromatic heterocycles. The monoisotopic (exact) mass is 480 g/mol. The van der Waals surface area contributed by atoms with Gasteiger partial charge in [-0.3, -0.25) is 4.99 Å². The highest BCUT2D eigenvalue weighted by atomic mass is 127. The van der Waals surface area contributed by atoms with Crippen LogP contribution in [-0.2, 0) is 11.2 Å². The number of aryl methyl sites for hydroxylation is 2. The second-order valence-electron chi connectivity index (χ2n) is 6.32. The molecule has 0 saturated heterocycles. The van der Waals surface area contributed by atoms with Crippen LogP contribution in [0, 0.1) is 13.8 Å². The van der Waals surface area contributed by atoms with Crippen molar-refractivity contribution in [2.75, 3.05) is 26.2 Å². The van der Waals surface area contributed by atoms with Crippen LogP contribution in [0.3, 0.4) is 0 Å². The summed E-state index contributed by atoms with van der Waals surface area (Å²) in [5, 5.41) is 7.89. The average Bonchev–Trinajstić information content (AvgIpc) is 3.17. The van der Waals surface area contributed by atoms with Crippen LogP contribution in [0.4, 0.5) is 0 Å². The first-order chi connectivity index (χ1) is 11.7. The maximum Gasteiger partial charge on any atom is 0.191 e. The van der Waals surface area contributed by atoms with Gasteiger partial charge in [0, 0.05) is 37.5 Å². The molecule has 0 bridgehead atoms. The van der Waals surface area contributed by atoms with Gasteiger partial charge in [0.15, 0.2) is 5.96 Å². The Hall–Kier alpha value is -0.410. The molecule has 1 aliphatic rings. The second kappa shape index (κ2) is 12.9. The van der Waals surface area contributed by atoms with Gasteiger partial charge in [-0.2, -0.15) is 0 Å². The van der Waals surface area contributed by atoms with Crippen molar-refractivity contribution in [3.63, 3.8) is 0 Å². The third-order valence-corrected chi connectivity index (χ3v) is 5.41. The van der Waals surface area contributed by atoms with Crippen LogP contribution in [0.1, 0.15) is 54.6 Å². The first kappa shape index (κ1) is 22.6. The molecule has 0 atom stereocenters. The number of nitrogens with one attached hydrogen (secondary N) is 2. The summed E-state index contributed by atoms with van der Waals surface area (Å²) in [6.45, 7) is 9.65. The Morgan fingerprint density at radius 3 is 2.68 bits per heavy atom. The second-order valence-corrected chi connectivity index (χ2v) is 7.61. The Balaban J connectivity index is 0.00000312. The molecule has 1 fully saturated rings. The molecule has 0 aromatic carbocycles. The van der Waals surface area contributed by atoms with Crippen LogP contribution in [-0.4, -0.2) is 43.3 Å². The van der Waals surface area contributed by atoms with Gasteiger partial charge in [0.2, 0.25) is 0 Å². The lowest BCUT2D eigenvalue weighted by Crippen LogP contribution is -2.38. The van der Waals surface area contributed by atoms with Crippen molar-refractivity contribution < 1.29 is 4.74 Å². The lowest BCUT2D eigenvalue weighted by atomic mass is 10.3. The molecular formula is C18H33IN4OS. The summed E-state index contributed by atoms with van der Waals surface area (Å²) >= 11 is 1.79. The highest BCUT2D eigenvalue weighted by molar-refractivity contribution is 14.0. The number of guanidine groups is 1. The Labute approximate surface area is 173 Å². The van der Waals surface area contributed by atoms with E-state index in [0.29, 0.717) is 6.10 Å². The molecule has 0 aliphatic heterocycles. The highest BCUT2D eigenvalue weighted by Crippen LogP contribution is 2.20. The summed E-state index contributed by atoms with van der Waals surface area (Å²) in [4.78, 5) is 10.5. The quantitative estimate of drug-likeness (QED) is 0.244. The van der Waals surface area contributed by atoms with E-state index in [4.69, 9.17) is 4.74 Å². The summed E-state index contributed by atoms with van der Waals surface area (Å²) in [5.41, 5.74) is 1.15. The normalized spacial score (nSPS) is 15.2. The maximum absolute atomic E-state index is 5.88. The van der Waals surface area contributed by atoms with Crippen LogP contribution in [0.15, 0.2) is 4.99 Å². The minimum Gasteiger partial charge on any atom is -0.378 e. The van der Waals surface area contributed by atoms with E-state index in [9.17, 15) is 0 Å². The molecule has 1 saturated carbocycles. The van der Waals surface area contributed by atoms with E-state index in [2.05, 4.69) is 41.4 Å². The Morgan fingerprint density at radius 1 is 1.28 bits per heavy atom. The predicted octanol–water partition coefficient (Wildman–Crippen LogP) is 3.82.